The van der Waals surface area contributed by atoms with Crippen LogP contribution in [0.25, 0.3) is 0 Å². The van der Waals surface area contributed by atoms with E-state index in [4.69, 9.17) is 4.99 Å². The molecule has 23 heavy (non-hydrogen) atoms. The van der Waals surface area contributed by atoms with Gasteiger partial charge in [-0.2, -0.15) is 0 Å². The highest BCUT2D eigenvalue weighted by Crippen LogP contribution is 2.08. The topological polar surface area (TPSA) is 39.7 Å². The molecule has 138 valence electrons. The van der Waals surface area contributed by atoms with Crippen molar-refractivity contribution in [2.24, 2.45) is 4.99 Å². The van der Waals surface area contributed by atoms with Gasteiger partial charge in [-0.15, -0.1) is 24.0 Å². The summed E-state index contributed by atoms with van der Waals surface area (Å²) in [6.45, 7) is 12.4. The van der Waals surface area contributed by atoms with Gasteiger partial charge in [-0.1, -0.05) is 26.2 Å². The first-order valence-corrected chi connectivity index (χ1v) is 9.53. The van der Waals surface area contributed by atoms with E-state index in [2.05, 4.69) is 36.3 Å². The molecule has 0 saturated carbocycles. The molecule has 0 amide bonds. The molecule has 1 aliphatic rings. The van der Waals surface area contributed by atoms with Crippen LogP contribution in [0, 0.1) is 0 Å². The summed E-state index contributed by atoms with van der Waals surface area (Å²) in [6, 6.07) is 0.508. The van der Waals surface area contributed by atoms with Crippen LogP contribution in [-0.4, -0.2) is 49.6 Å². The van der Waals surface area contributed by atoms with Crippen molar-refractivity contribution in [1.29, 1.82) is 0 Å². The van der Waals surface area contributed by atoms with Crippen LogP contribution in [0.5, 0.6) is 0 Å². The Morgan fingerprint density at radius 2 is 1.83 bits per heavy atom. The van der Waals surface area contributed by atoms with Crippen molar-refractivity contribution >= 4 is 29.9 Å². The molecule has 2 N–H and O–H groups in total. The molecule has 0 spiro atoms. The minimum atomic E-state index is 0. The van der Waals surface area contributed by atoms with E-state index in [-0.39, 0.29) is 24.0 Å². The average molecular weight is 438 g/mol. The zero-order chi connectivity index (χ0) is 16.0. The lowest BCUT2D eigenvalue weighted by atomic mass is 10.1. The number of unbranched alkanes of at least 4 members (excludes halogenated alkanes) is 3. The standard InChI is InChI=1S/C18H38N4.HI/c1-4-6-7-12-17(3)21-18(19-5-2)20-13-8-9-14-22-15-10-11-16-22;/h17H,4-16H2,1-3H3,(H2,19,20,21);1H. The Morgan fingerprint density at radius 1 is 1.09 bits per heavy atom. The SMILES string of the molecule is CCCCCC(C)NC(=NCCCCN1CCCC1)NCC.I. The van der Waals surface area contributed by atoms with Crippen molar-refractivity contribution in [3.8, 4) is 0 Å². The second kappa shape index (κ2) is 15.5. The van der Waals surface area contributed by atoms with Gasteiger partial charge in [-0.3, -0.25) is 4.99 Å². The predicted octanol–water partition coefficient (Wildman–Crippen LogP) is 4.00. The minimum Gasteiger partial charge on any atom is -0.357 e. The second-order valence-electron chi connectivity index (χ2n) is 6.56. The molecule has 0 aliphatic carbocycles. The zero-order valence-electron chi connectivity index (χ0n) is 15.6. The largest absolute Gasteiger partial charge is 0.357 e. The summed E-state index contributed by atoms with van der Waals surface area (Å²) >= 11 is 0. The number of nitrogens with one attached hydrogen (secondary N) is 2. The Hall–Kier alpha value is -0.0400. The third-order valence-electron chi connectivity index (χ3n) is 4.32. The van der Waals surface area contributed by atoms with Crippen molar-refractivity contribution in [2.75, 3.05) is 32.7 Å². The molecule has 0 bridgehead atoms. The van der Waals surface area contributed by atoms with Gasteiger partial charge >= 0.3 is 0 Å². The van der Waals surface area contributed by atoms with Gasteiger partial charge in [0.25, 0.3) is 0 Å². The van der Waals surface area contributed by atoms with Crippen molar-refractivity contribution in [3.63, 3.8) is 0 Å². The monoisotopic (exact) mass is 438 g/mol. The number of likely N-dealkylation sites (tertiary alicyclic amines) is 1. The number of aliphatic imine (C=N–C) groups is 1. The number of hydrogen-bond donors (Lipinski definition) is 2. The van der Waals surface area contributed by atoms with Gasteiger partial charge in [0.15, 0.2) is 5.96 Å². The van der Waals surface area contributed by atoms with Crippen LogP contribution in [0.3, 0.4) is 0 Å². The fraction of sp³-hybridized carbons (Fsp3) is 0.944. The van der Waals surface area contributed by atoms with E-state index in [9.17, 15) is 0 Å². The smallest absolute Gasteiger partial charge is 0.191 e. The van der Waals surface area contributed by atoms with Gasteiger partial charge in [0, 0.05) is 19.1 Å². The van der Waals surface area contributed by atoms with E-state index in [1.165, 1.54) is 71.0 Å². The molecular weight excluding hydrogens is 399 g/mol. The molecule has 1 aliphatic heterocycles. The van der Waals surface area contributed by atoms with Gasteiger partial charge in [-0.25, -0.2) is 0 Å². The highest BCUT2D eigenvalue weighted by atomic mass is 127. The Balaban J connectivity index is 0.00000484. The van der Waals surface area contributed by atoms with Crippen LogP contribution in [0.2, 0.25) is 0 Å². The van der Waals surface area contributed by atoms with Gasteiger partial charge in [0.2, 0.25) is 0 Å². The van der Waals surface area contributed by atoms with Gasteiger partial charge in [-0.05, 0) is 65.6 Å². The maximum absolute atomic E-state index is 4.72. The summed E-state index contributed by atoms with van der Waals surface area (Å²) in [7, 11) is 0. The summed E-state index contributed by atoms with van der Waals surface area (Å²) < 4.78 is 0. The Bertz CT molecular complexity index is 291. The van der Waals surface area contributed by atoms with Crippen molar-refractivity contribution in [3.05, 3.63) is 0 Å². The second-order valence-corrected chi connectivity index (χ2v) is 6.56. The van der Waals surface area contributed by atoms with E-state index in [1.54, 1.807) is 0 Å². The summed E-state index contributed by atoms with van der Waals surface area (Å²) in [5, 5.41) is 6.90. The Labute approximate surface area is 161 Å². The quantitative estimate of drug-likeness (QED) is 0.222. The summed E-state index contributed by atoms with van der Waals surface area (Å²) in [5.74, 6) is 0.993. The van der Waals surface area contributed by atoms with Crippen molar-refractivity contribution in [2.45, 2.75) is 78.2 Å². The third-order valence-corrected chi connectivity index (χ3v) is 4.32. The number of halogens is 1. The van der Waals surface area contributed by atoms with Crippen LogP contribution >= 0.6 is 24.0 Å². The van der Waals surface area contributed by atoms with E-state index in [1.807, 2.05) is 0 Å². The molecule has 1 rings (SSSR count). The van der Waals surface area contributed by atoms with Crippen molar-refractivity contribution in [1.82, 2.24) is 15.5 Å². The highest BCUT2D eigenvalue weighted by Gasteiger charge is 2.10. The fourth-order valence-corrected chi connectivity index (χ4v) is 2.97. The van der Waals surface area contributed by atoms with Crippen LogP contribution < -0.4 is 10.6 Å². The van der Waals surface area contributed by atoms with Gasteiger partial charge < -0.3 is 15.5 Å². The van der Waals surface area contributed by atoms with Gasteiger partial charge in [0.05, 0.1) is 0 Å². The maximum atomic E-state index is 4.72. The number of hydrogen-bond acceptors (Lipinski definition) is 2. The summed E-state index contributed by atoms with van der Waals surface area (Å²) in [5.41, 5.74) is 0. The molecule has 0 aromatic heterocycles. The Morgan fingerprint density at radius 3 is 2.48 bits per heavy atom. The van der Waals surface area contributed by atoms with Crippen LogP contribution in [-0.2, 0) is 0 Å². The van der Waals surface area contributed by atoms with Crippen molar-refractivity contribution < 1.29 is 0 Å². The van der Waals surface area contributed by atoms with E-state index in [0.29, 0.717) is 6.04 Å². The first-order chi connectivity index (χ1) is 10.8. The van der Waals surface area contributed by atoms with E-state index < -0.39 is 0 Å². The summed E-state index contributed by atoms with van der Waals surface area (Å²) in [6.07, 6.45) is 10.4. The number of rotatable bonds is 11. The fourth-order valence-electron chi connectivity index (χ4n) is 2.97. The minimum absolute atomic E-state index is 0. The van der Waals surface area contributed by atoms with E-state index >= 15 is 0 Å². The molecule has 0 aromatic carbocycles. The molecule has 0 aromatic rings. The van der Waals surface area contributed by atoms with Crippen LogP contribution in [0.15, 0.2) is 4.99 Å². The first-order valence-electron chi connectivity index (χ1n) is 9.53. The maximum Gasteiger partial charge on any atom is 0.191 e. The normalized spacial score (nSPS) is 16.9. The third kappa shape index (κ3) is 12.0. The first kappa shape index (κ1) is 23.0. The summed E-state index contributed by atoms with van der Waals surface area (Å²) in [4.78, 5) is 7.31. The zero-order valence-corrected chi connectivity index (χ0v) is 17.9. The molecule has 4 nitrogen and oxygen atoms in total. The molecule has 0 radical (unpaired) electrons. The molecule has 1 atom stereocenters. The molecule has 1 unspecified atom stereocenters. The van der Waals surface area contributed by atoms with Crippen LogP contribution in [0.1, 0.15) is 72.1 Å². The Kier molecular flexibility index (Phi) is 15.5. The molecule has 5 heteroatoms. The lowest BCUT2D eigenvalue weighted by molar-refractivity contribution is 0.331. The molecule has 1 fully saturated rings. The van der Waals surface area contributed by atoms with E-state index in [0.717, 1.165) is 19.0 Å². The van der Waals surface area contributed by atoms with Crippen LogP contribution in [0.4, 0.5) is 0 Å². The molecule has 1 saturated heterocycles. The lowest BCUT2D eigenvalue weighted by Crippen LogP contribution is -2.42. The predicted molar refractivity (Wildman–Crippen MR) is 113 cm³/mol. The number of guanidine groups is 1. The van der Waals surface area contributed by atoms with Gasteiger partial charge in [0.1, 0.15) is 0 Å². The number of nitrogens with zero attached hydrogens (tertiary/aromatic N) is 2. The highest BCUT2D eigenvalue weighted by molar-refractivity contribution is 14.0. The average Bonchev–Trinajstić information content (AvgIpc) is 3.00. The lowest BCUT2D eigenvalue weighted by Gasteiger charge is -2.18. The molecular formula is C18H39IN4. The molecule has 1 heterocycles.